The number of hydrogen-bond acceptors (Lipinski definition) is 4. The van der Waals surface area contributed by atoms with Crippen LogP contribution in [0.2, 0.25) is 0 Å². The number of aldehydes is 1. The van der Waals surface area contributed by atoms with Crippen molar-refractivity contribution < 1.29 is 14.3 Å². The van der Waals surface area contributed by atoms with Gasteiger partial charge < -0.3 is 14.4 Å². The van der Waals surface area contributed by atoms with E-state index in [1.54, 1.807) is 12.1 Å². The van der Waals surface area contributed by atoms with Crippen LogP contribution in [0, 0.1) is 11.8 Å². The van der Waals surface area contributed by atoms with Gasteiger partial charge in [-0.3, -0.25) is 4.79 Å². The van der Waals surface area contributed by atoms with Crippen LogP contribution >= 0.6 is 0 Å². The number of carbonyl (C=O) groups excluding carboxylic acids is 1. The van der Waals surface area contributed by atoms with Crippen molar-refractivity contribution in [3.05, 3.63) is 23.8 Å². The molecule has 24 heavy (non-hydrogen) atoms. The molecule has 1 saturated heterocycles. The highest BCUT2D eigenvalue weighted by Gasteiger charge is 2.20. The van der Waals surface area contributed by atoms with E-state index in [1.807, 2.05) is 13.0 Å². The van der Waals surface area contributed by atoms with Crippen LogP contribution in [0.1, 0.15) is 50.4 Å². The van der Waals surface area contributed by atoms with Crippen LogP contribution in [0.5, 0.6) is 11.5 Å². The lowest BCUT2D eigenvalue weighted by atomic mass is 9.92. The second kappa shape index (κ2) is 9.67. The predicted molar refractivity (Wildman–Crippen MR) is 97.1 cm³/mol. The highest BCUT2D eigenvalue weighted by molar-refractivity contribution is 5.76. The van der Waals surface area contributed by atoms with E-state index >= 15 is 0 Å². The van der Waals surface area contributed by atoms with Crippen LogP contribution < -0.4 is 9.47 Å². The van der Waals surface area contributed by atoms with E-state index in [4.69, 9.17) is 9.47 Å². The van der Waals surface area contributed by atoms with Gasteiger partial charge in [-0.1, -0.05) is 13.8 Å². The Labute approximate surface area is 146 Å². The van der Waals surface area contributed by atoms with Crippen molar-refractivity contribution in [1.29, 1.82) is 0 Å². The van der Waals surface area contributed by atoms with Crippen molar-refractivity contribution in [3.8, 4) is 11.5 Å². The van der Waals surface area contributed by atoms with Gasteiger partial charge in [0.15, 0.2) is 11.5 Å². The van der Waals surface area contributed by atoms with Gasteiger partial charge in [-0.15, -0.1) is 0 Å². The molecule has 4 nitrogen and oxygen atoms in total. The van der Waals surface area contributed by atoms with E-state index in [1.165, 1.54) is 19.5 Å². The quantitative estimate of drug-likeness (QED) is 0.505. The molecule has 0 bridgehead atoms. The maximum atomic E-state index is 10.9. The fourth-order valence-electron chi connectivity index (χ4n) is 3.58. The minimum atomic E-state index is 0.560. The van der Waals surface area contributed by atoms with Crippen molar-refractivity contribution in [2.45, 2.75) is 40.0 Å². The normalized spacial score (nSPS) is 21.5. The number of ether oxygens (including phenoxy) is 2. The first-order valence-corrected chi connectivity index (χ1v) is 9.19. The van der Waals surface area contributed by atoms with Gasteiger partial charge in [0.05, 0.1) is 13.2 Å². The molecule has 0 aliphatic carbocycles. The van der Waals surface area contributed by atoms with Crippen LogP contribution in [0.3, 0.4) is 0 Å². The Morgan fingerprint density at radius 2 is 1.88 bits per heavy atom. The Balaban J connectivity index is 1.73. The Hall–Kier alpha value is -1.55. The van der Waals surface area contributed by atoms with E-state index in [9.17, 15) is 4.79 Å². The molecule has 2 rings (SSSR count). The summed E-state index contributed by atoms with van der Waals surface area (Å²) in [6, 6.07) is 5.33. The van der Waals surface area contributed by atoms with Gasteiger partial charge in [0, 0.05) is 18.7 Å². The Kier molecular flexibility index (Phi) is 7.57. The standard InChI is InChI=1S/C20H31NO3/c1-4-23-20-12-18(15-22)7-8-19(20)24-10-6-5-9-21-13-16(2)11-17(3)14-21/h7-8,12,15-17H,4-6,9-11,13-14H2,1-3H3/t16-,17-/m0/s1. The number of nitrogens with zero attached hydrogens (tertiary/aromatic N) is 1. The Morgan fingerprint density at radius 3 is 2.54 bits per heavy atom. The Morgan fingerprint density at radius 1 is 1.12 bits per heavy atom. The average molecular weight is 333 g/mol. The van der Waals surface area contributed by atoms with Gasteiger partial charge in [-0.05, 0) is 62.8 Å². The van der Waals surface area contributed by atoms with Gasteiger partial charge in [0.25, 0.3) is 0 Å². The van der Waals surface area contributed by atoms with Crippen molar-refractivity contribution >= 4 is 6.29 Å². The summed E-state index contributed by atoms with van der Waals surface area (Å²) in [7, 11) is 0. The van der Waals surface area contributed by atoms with Crippen molar-refractivity contribution in [2.24, 2.45) is 11.8 Å². The maximum Gasteiger partial charge on any atom is 0.161 e. The van der Waals surface area contributed by atoms with E-state index in [2.05, 4.69) is 18.7 Å². The van der Waals surface area contributed by atoms with Gasteiger partial charge in [0.2, 0.25) is 0 Å². The molecule has 1 heterocycles. The van der Waals surface area contributed by atoms with Crippen molar-refractivity contribution in [3.63, 3.8) is 0 Å². The molecule has 0 amide bonds. The van der Waals surface area contributed by atoms with E-state index in [0.29, 0.717) is 24.5 Å². The van der Waals surface area contributed by atoms with E-state index in [0.717, 1.165) is 43.3 Å². The Bertz CT molecular complexity index is 508. The summed E-state index contributed by atoms with van der Waals surface area (Å²) >= 11 is 0. The molecule has 0 N–H and O–H groups in total. The molecule has 0 aromatic heterocycles. The lowest BCUT2D eigenvalue weighted by Crippen LogP contribution is -2.39. The summed E-state index contributed by atoms with van der Waals surface area (Å²) in [5.41, 5.74) is 0.610. The summed E-state index contributed by atoms with van der Waals surface area (Å²) in [5, 5.41) is 0. The predicted octanol–water partition coefficient (Wildman–Crippen LogP) is 4.03. The number of rotatable bonds is 9. The lowest BCUT2D eigenvalue weighted by molar-refractivity contribution is 0.112. The molecule has 0 radical (unpaired) electrons. The van der Waals surface area contributed by atoms with Gasteiger partial charge in [-0.2, -0.15) is 0 Å². The zero-order valence-corrected chi connectivity index (χ0v) is 15.3. The molecule has 0 spiro atoms. The van der Waals surface area contributed by atoms with Crippen LogP contribution in [0.15, 0.2) is 18.2 Å². The molecule has 4 heteroatoms. The third-order valence-electron chi connectivity index (χ3n) is 4.47. The van der Waals surface area contributed by atoms with Crippen molar-refractivity contribution in [1.82, 2.24) is 4.90 Å². The fourth-order valence-corrected chi connectivity index (χ4v) is 3.58. The highest BCUT2D eigenvalue weighted by atomic mass is 16.5. The number of carbonyl (C=O) groups is 1. The first-order chi connectivity index (χ1) is 11.6. The minimum Gasteiger partial charge on any atom is -0.490 e. The van der Waals surface area contributed by atoms with Crippen LogP contribution in [-0.4, -0.2) is 44.0 Å². The van der Waals surface area contributed by atoms with Gasteiger partial charge in [-0.25, -0.2) is 0 Å². The summed E-state index contributed by atoms with van der Waals surface area (Å²) in [6.45, 7) is 11.5. The molecular weight excluding hydrogens is 302 g/mol. The highest BCUT2D eigenvalue weighted by Crippen LogP contribution is 2.28. The van der Waals surface area contributed by atoms with Crippen LogP contribution in [0.4, 0.5) is 0 Å². The first-order valence-electron chi connectivity index (χ1n) is 9.19. The molecule has 2 atom stereocenters. The summed E-state index contributed by atoms with van der Waals surface area (Å²) in [4.78, 5) is 13.5. The molecule has 1 aromatic carbocycles. The second-order valence-electron chi connectivity index (χ2n) is 7.02. The average Bonchev–Trinajstić information content (AvgIpc) is 2.55. The smallest absolute Gasteiger partial charge is 0.161 e. The monoisotopic (exact) mass is 333 g/mol. The molecule has 1 aromatic rings. The third-order valence-corrected chi connectivity index (χ3v) is 4.47. The van der Waals surface area contributed by atoms with Crippen LogP contribution in [-0.2, 0) is 0 Å². The van der Waals surface area contributed by atoms with Crippen molar-refractivity contribution in [2.75, 3.05) is 32.8 Å². The zero-order chi connectivity index (χ0) is 17.4. The second-order valence-corrected chi connectivity index (χ2v) is 7.02. The number of benzene rings is 1. The lowest BCUT2D eigenvalue weighted by Gasteiger charge is -2.34. The van der Waals surface area contributed by atoms with E-state index < -0.39 is 0 Å². The molecule has 1 aliphatic rings. The molecule has 0 saturated carbocycles. The summed E-state index contributed by atoms with van der Waals surface area (Å²) in [6.07, 6.45) is 4.36. The molecule has 1 fully saturated rings. The third kappa shape index (κ3) is 5.82. The topological polar surface area (TPSA) is 38.8 Å². The van der Waals surface area contributed by atoms with E-state index in [-0.39, 0.29) is 0 Å². The number of likely N-dealkylation sites (tertiary alicyclic amines) is 1. The number of hydrogen-bond donors (Lipinski definition) is 0. The number of unbranched alkanes of at least 4 members (excludes halogenated alkanes) is 1. The summed E-state index contributed by atoms with van der Waals surface area (Å²) in [5.74, 6) is 3.01. The fraction of sp³-hybridized carbons (Fsp3) is 0.650. The molecule has 1 aliphatic heterocycles. The molecule has 134 valence electrons. The SMILES string of the molecule is CCOc1cc(C=O)ccc1OCCCCN1C[C@@H](C)C[C@H](C)C1. The number of piperidine rings is 1. The largest absolute Gasteiger partial charge is 0.490 e. The first kappa shape index (κ1) is 18.8. The molecular formula is C20H31NO3. The molecule has 0 unspecified atom stereocenters. The van der Waals surface area contributed by atoms with Gasteiger partial charge >= 0.3 is 0 Å². The maximum absolute atomic E-state index is 10.9. The van der Waals surface area contributed by atoms with Gasteiger partial charge in [0.1, 0.15) is 6.29 Å². The van der Waals surface area contributed by atoms with Crippen LogP contribution in [0.25, 0.3) is 0 Å². The minimum absolute atomic E-state index is 0.560. The summed E-state index contributed by atoms with van der Waals surface area (Å²) < 4.78 is 11.4. The zero-order valence-electron chi connectivity index (χ0n) is 15.3.